The summed E-state index contributed by atoms with van der Waals surface area (Å²) in [7, 11) is 0. The van der Waals surface area contributed by atoms with Crippen LogP contribution in [0.2, 0.25) is 0 Å². The van der Waals surface area contributed by atoms with E-state index in [1.165, 1.54) is 0 Å². The van der Waals surface area contributed by atoms with E-state index in [1.807, 2.05) is 0 Å². The van der Waals surface area contributed by atoms with E-state index in [2.05, 4.69) is 0 Å². The van der Waals surface area contributed by atoms with Crippen molar-refractivity contribution in [1.29, 1.82) is 0 Å². The van der Waals surface area contributed by atoms with Gasteiger partial charge in [0, 0.05) is 0 Å². The van der Waals surface area contributed by atoms with E-state index in [9.17, 15) is 0 Å². The van der Waals surface area contributed by atoms with Gasteiger partial charge < -0.3 is 81.7 Å². The van der Waals surface area contributed by atoms with Crippen molar-refractivity contribution in [3.05, 3.63) is 0 Å². The molecule has 0 bridgehead atoms. The van der Waals surface area contributed by atoms with E-state index in [1.54, 1.807) is 0 Å². The molecule has 0 aromatic heterocycles. The van der Waals surface area contributed by atoms with Gasteiger partial charge in [0.25, 0.3) is 0 Å². The number of carbonyl (C=O) groups is 8. The summed E-state index contributed by atoms with van der Waals surface area (Å²) in [4.78, 5) is 68.4. The molecule has 0 saturated heterocycles. The summed E-state index contributed by atoms with van der Waals surface area (Å²) in [6.45, 7) is 0. The summed E-state index contributed by atoms with van der Waals surface area (Å²) in [6.07, 6.45) is -14.7. The van der Waals surface area contributed by atoms with Gasteiger partial charge in [-0.25, -0.2) is 38.4 Å². The molecule has 0 aromatic rings. The van der Waals surface area contributed by atoms with Crippen molar-refractivity contribution in [2.24, 2.45) is 0 Å². The van der Waals surface area contributed by atoms with Crippen LogP contribution in [0.15, 0.2) is 0 Å². The standard InChI is InChI=1S/8CH2O3.2Ca.4H/c8*2-1(3)4;;;;;;/h8*(H2,2,3,4);;;;;;. The molecule has 0 spiro atoms. The van der Waals surface area contributed by atoms with Crippen LogP contribution in [-0.2, 0) is 0 Å². The van der Waals surface area contributed by atoms with E-state index >= 15 is 0 Å². The Morgan fingerprint density at radius 2 is 0.206 bits per heavy atom. The molecular formula is C8H20Ca2O24. The predicted octanol–water partition coefficient (Wildman–Crippen LogP) is -0.0532. The van der Waals surface area contributed by atoms with Crippen LogP contribution < -0.4 is 0 Å². The Kier molecular flexibility index (Phi) is 106. The zero-order chi connectivity index (χ0) is 28.6. The molecule has 0 fully saturated rings. The van der Waals surface area contributed by atoms with Crippen LogP contribution in [0.5, 0.6) is 0 Å². The van der Waals surface area contributed by atoms with Crippen molar-refractivity contribution in [3.8, 4) is 0 Å². The van der Waals surface area contributed by atoms with Crippen molar-refractivity contribution in [2.75, 3.05) is 0 Å². The summed E-state index contributed by atoms with van der Waals surface area (Å²) < 4.78 is 0. The Balaban J connectivity index is -0.0000000240. The van der Waals surface area contributed by atoms with Crippen LogP contribution >= 0.6 is 0 Å². The molecule has 0 aromatic carbocycles. The van der Waals surface area contributed by atoms with Crippen molar-refractivity contribution in [1.82, 2.24) is 0 Å². The Morgan fingerprint density at radius 1 is 0.206 bits per heavy atom. The molecule has 0 radical (unpaired) electrons. The molecule has 0 atom stereocenters. The molecule has 16 N–H and O–H groups in total. The van der Waals surface area contributed by atoms with Crippen molar-refractivity contribution in [2.45, 2.75) is 0 Å². The molecule has 0 aliphatic carbocycles. The van der Waals surface area contributed by atoms with E-state index < -0.39 is 49.2 Å². The molecule has 0 aliphatic rings. The third-order valence-corrected chi connectivity index (χ3v) is 0. The Labute approximate surface area is 243 Å². The zero-order valence-electron chi connectivity index (χ0n) is 14.4. The summed E-state index contributed by atoms with van der Waals surface area (Å²) in [5.74, 6) is 0. The molecule has 26 heteroatoms. The van der Waals surface area contributed by atoms with Gasteiger partial charge >= 0.3 is 125 Å². The summed E-state index contributed by atoms with van der Waals surface area (Å²) in [5, 5.41) is 112. The van der Waals surface area contributed by atoms with Gasteiger partial charge in [0.15, 0.2) is 0 Å². The van der Waals surface area contributed by atoms with Gasteiger partial charge in [-0.2, -0.15) is 0 Å². The topological polar surface area (TPSA) is 460 Å². The third kappa shape index (κ3) is 1990. The first-order valence-corrected chi connectivity index (χ1v) is 5.21. The van der Waals surface area contributed by atoms with Crippen LogP contribution in [0.1, 0.15) is 0 Å². The minimum atomic E-state index is -1.83. The van der Waals surface area contributed by atoms with Crippen LogP contribution in [0, 0.1) is 0 Å². The average Bonchev–Trinajstić information content (AvgIpc) is 2.30. The summed E-state index contributed by atoms with van der Waals surface area (Å²) >= 11 is 0. The number of hydrogen-bond acceptors (Lipinski definition) is 8. The van der Waals surface area contributed by atoms with Gasteiger partial charge in [0.2, 0.25) is 0 Å². The van der Waals surface area contributed by atoms with E-state index in [0.29, 0.717) is 0 Å². The molecule has 34 heavy (non-hydrogen) atoms. The third-order valence-electron chi connectivity index (χ3n) is 0. The van der Waals surface area contributed by atoms with E-state index in [4.69, 9.17) is 120 Å². The fraction of sp³-hybridized carbons (Fsp3) is 0. The summed E-state index contributed by atoms with van der Waals surface area (Å²) in [6, 6.07) is 0. The fourth-order valence-corrected chi connectivity index (χ4v) is 0. The van der Waals surface area contributed by atoms with Crippen LogP contribution in [0.25, 0.3) is 0 Å². The van der Waals surface area contributed by atoms with E-state index in [0.717, 1.165) is 0 Å². The second kappa shape index (κ2) is 57.1. The Bertz CT molecular complexity index is 365. The Morgan fingerprint density at radius 3 is 0.206 bits per heavy atom. The molecule has 0 aliphatic heterocycles. The van der Waals surface area contributed by atoms with Crippen molar-refractivity contribution >= 4 is 125 Å². The molecule has 0 amide bonds. The molecule has 0 rings (SSSR count). The van der Waals surface area contributed by atoms with Crippen molar-refractivity contribution < 1.29 is 120 Å². The molecule has 24 nitrogen and oxygen atoms in total. The van der Waals surface area contributed by atoms with E-state index in [-0.39, 0.29) is 75.5 Å². The molecule has 0 heterocycles. The zero-order valence-corrected chi connectivity index (χ0v) is 14.4. The average molecular weight is 580 g/mol. The second-order valence-corrected chi connectivity index (χ2v) is 2.26. The maximum atomic E-state index is 8.56. The van der Waals surface area contributed by atoms with Gasteiger partial charge in [0.1, 0.15) is 0 Å². The number of hydrogen-bond donors (Lipinski definition) is 16. The first-order valence-electron chi connectivity index (χ1n) is 5.21. The summed E-state index contributed by atoms with van der Waals surface area (Å²) in [5.41, 5.74) is 0. The molecule has 200 valence electrons. The molecular weight excluding hydrogens is 560 g/mol. The molecule has 0 saturated carbocycles. The number of carboxylic acid groups (broad SMARTS) is 16. The minimum absolute atomic E-state index is 0. The van der Waals surface area contributed by atoms with Gasteiger partial charge in [-0.15, -0.1) is 0 Å². The van der Waals surface area contributed by atoms with Crippen molar-refractivity contribution in [3.63, 3.8) is 0 Å². The van der Waals surface area contributed by atoms with Gasteiger partial charge in [0.05, 0.1) is 0 Å². The Hall–Kier alpha value is -3.32. The predicted molar refractivity (Wildman–Crippen MR) is 102 cm³/mol. The van der Waals surface area contributed by atoms with Crippen LogP contribution in [0.3, 0.4) is 0 Å². The quantitative estimate of drug-likeness (QED) is 0.167. The van der Waals surface area contributed by atoms with Gasteiger partial charge in [-0.1, -0.05) is 0 Å². The second-order valence-electron chi connectivity index (χ2n) is 2.26. The molecule has 0 unspecified atom stereocenters. The number of rotatable bonds is 0. The monoisotopic (exact) mass is 580 g/mol. The fourth-order valence-electron chi connectivity index (χ4n) is 0. The van der Waals surface area contributed by atoms with Gasteiger partial charge in [-0.3, -0.25) is 0 Å². The van der Waals surface area contributed by atoms with Crippen LogP contribution in [0.4, 0.5) is 38.4 Å². The van der Waals surface area contributed by atoms with Gasteiger partial charge in [-0.05, 0) is 0 Å². The SMILES string of the molecule is O=C(O)O.O=C(O)O.O=C(O)O.O=C(O)O.O=C(O)O.O=C(O)O.O=C(O)O.O=C(O)O.[CaH2].[CaH2]. The first kappa shape index (κ1) is 63.2. The first-order chi connectivity index (χ1) is 13.9. The normalized spacial score (nSPS) is 5.65. The van der Waals surface area contributed by atoms with Crippen LogP contribution in [-0.4, -0.2) is 206 Å². The maximum absolute atomic E-state index is 8.56.